The van der Waals surface area contributed by atoms with E-state index in [2.05, 4.69) is 9.97 Å². The monoisotopic (exact) mass is 214 g/mol. The van der Waals surface area contributed by atoms with Crippen molar-refractivity contribution < 1.29 is 4.39 Å². The number of aromatic nitrogens is 2. The fraction of sp³-hybridized carbons (Fsp3) is 0. The first-order valence-corrected chi connectivity index (χ1v) is 4.48. The lowest BCUT2D eigenvalue weighted by molar-refractivity contribution is 0.633. The summed E-state index contributed by atoms with van der Waals surface area (Å²) in [4.78, 5) is 7.85. The minimum absolute atomic E-state index is 0.0770. The maximum atomic E-state index is 13.2. The van der Waals surface area contributed by atoms with Gasteiger partial charge in [0.05, 0.1) is 23.8 Å². The summed E-state index contributed by atoms with van der Waals surface area (Å²) in [6, 6.07) is 6.21. The van der Waals surface area contributed by atoms with Crippen LogP contribution in [0.3, 0.4) is 0 Å². The van der Waals surface area contributed by atoms with Gasteiger partial charge in [0.1, 0.15) is 11.9 Å². The Kier molecular flexibility index (Phi) is 2.48. The van der Waals surface area contributed by atoms with Gasteiger partial charge in [0.25, 0.3) is 0 Å². The predicted octanol–water partition coefficient (Wildman–Crippen LogP) is 1.74. The van der Waals surface area contributed by atoms with Gasteiger partial charge in [-0.2, -0.15) is 5.26 Å². The number of nitrogens with zero attached hydrogens (tertiary/aromatic N) is 3. The number of nitrogens with two attached hydrogens (primary N) is 1. The van der Waals surface area contributed by atoms with E-state index in [4.69, 9.17) is 11.0 Å². The summed E-state index contributed by atoms with van der Waals surface area (Å²) in [5.74, 6) is -0.512. The van der Waals surface area contributed by atoms with Crippen LogP contribution in [0.15, 0.2) is 30.6 Å². The van der Waals surface area contributed by atoms with Gasteiger partial charge in [0, 0.05) is 5.56 Å². The molecule has 0 amide bonds. The van der Waals surface area contributed by atoms with Gasteiger partial charge in [-0.1, -0.05) is 6.07 Å². The normalized spacial score (nSPS) is 9.75. The molecule has 0 aliphatic rings. The summed E-state index contributed by atoms with van der Waals surface area (Å²) in [7, 11) is 0. The lowest BCUT2D eigenvalue weighted by Gasteiger charge is -2.02. The van der Waals surface area contributed by atoms with E-state index in [9.17, 15) is 4.39 Å². The van der Waals surface area contributed by atoms with Crippen molar-refractivity contribution in [1.82, 2.24) is 9.97 Å². The topological polar surface area (TPSA) is 75.6 Å². The van der Waals surface area contributed by atoms with E-state index in [-0.39, 0.29) is 11.4 Å². The molecule has 1 aromatic heterocycles. The third-order valence-corrected chi connectivity index (χ3v) is 2.05. The molecular weight excluding hydrogens is 207 g/mol. The molecule has 4 nitrogen and oxygen atoms in total. The van der Waals surface area contributed by atoms with Crippen molar-refractivity contribution in [2.45, 2.75) is 0 Å². The Hall–Kier alpha value is -2.48. The van der Waals surface area contributed by atoms with Crippen molar-refractivity contribution in [2.75, 3.05) is 5.73 Å². The van der Waals surface area contributed by atoms with Crippen LogP contribution in [-0.4, -0.2) is 9.97 Å². The van der Waals surface area contributed by atoms with Crippen molar-refractivity contribution in [3.8, 4) is 17.3 Å². The molecule has 2 aromatic rings. The highest BCUT2D eigenvalue weighted by Gasteiger charge is 2.05. The van der Waals surface area contributed by atoms with Crippen LogP contribution in [0.4, 0.5) is 10.1 Å². The van der Waals surface area contributed by atoms with E-state index >= 15 is 0 Å². The molecule has 1 heterocycles. The highest BCUT2D eigenvalue weighted by atomic mass is 19.1. The van der Waals surface area contributed by atoms with E-state index in [1.54, 1.807) is 6.07 Å². The Morgan fingerprint density at radius 2 is 2.12 bits per heavy atom. The molecule has 0 saturated carbocycles. The van der Waals surface area contributed by atoms with Crippen LogP contribution >= 0.6 is 0 Å². The molecule has 0 aliphatic heterocycles. The van der Waals surface area contributed by atoms with Crippen molar-refractivity contribution in [2.24, 2.45) is 0 Å². The average Bonchev–Trinajstić information content (AvgIpc) is 2.33. The van der Waals surface area contributed by atoms with Gasteiger partial charge >= 0.3 is 0 Å². The van der Waals surface area contributed by atoms with Crippen LogP contribution in [0.25, 0.3) is 11.3 Å². The first-order valence-electron chi connectivity index (χ1n) is 4.48. The number of anilines is 1. The molecule has 0 bridgehead atoms. The summed E-state index contributed by atoms with van der Waals surface area (Å²) in [5, 5.41) is 8.66. The van der Waals surface area contributed by atoms with Crippen LogP contribution in [0.2, 0.25) is 0 Å². The largest absolute Gasteiger partial charge is 0.396 e. The molecule has 0 atom stereocenters. The SMILES string of the molecule is N#Cc1cncc(-c2ccc(N)c(F)c2)n1. The Balaban J connectivity index is 2.51. The van der Waals surface area contributed by atoms with Crippen LogP contribution in [0.5, 0.6) is 0 Å². The number of hydrogen-bond donors (Lipinski definition) is 1. The fourth-order valence-electron chi connectivity index (χ4n) is 1.25. The maximum absolute atomic E-state index is 13.2. The van der Waals surface area contributed by atoms with Gasteiger partial charge in [0.2, 0.25) is 0 Å². The van der Waals surface area contributed by atoms with Gasteiger partial charge < -0.3 is 5.73 Å². The Bertz CT molecular complexity index is 574. The predicted molar refractivity (Wildman–Crippen MR) is 56.6 cm³/mol. The highest BCUT2D eigenvalue weighted by molar-refractivity contribution is 5.61. The van der Waals surface area contributed by atoms with Crippen LogP contribution in [0, 0.1) is 17.1 Å². The zero-order chi connectivity index (χ0) is 11.5. The molecule has 2 N–H and O–H groups in total. The van der Waals surface area contributed by atoms with E-state index in [0.29, 0.717) is 11.3 Å². The minimum Gasteiger partial charge on any atom is -0.396 e. The molecule has 0 spiro atoms. The Morgan fingerprint density at radius 3 is 2.81 bits per heavy atom. The summed E-state index contributed by atoms with van der Waals surface area (Å²) in [6.45, 7) is 0. The van der Waals surface area contributed by atoms with E-state index in [1.807, 2.05) is 6.07 Å². The highest BCUT2D eigenvalue weighted by Crippen LogP contribution is 2.20. The number of nitriles is 1. The third-order valence-electron chi connectivity index (χ3n) is 2.05. The summed E-state index contributed by atoms with van der Waals surface area (Å²) in [5.41, 5.74) is 6.61. The summed E-state index contributed by atoms with van der Waals surface area (Å²) in [6.07, 6.45) is 2.81. The quantitative estimate of drug-likeness (QED) is 0.733. The second-order valence-electron chi connectivity index (χ2n) is 3.14. The number of benzene rings is 1. The van der Waals surface area contributed by atoms with Gasteiger partial charge in [-0.05, 0) is 12.1 Å². The van der Waals surface area contributed by atoms with Gasteiger partial charge in [0.15, 0.2) is 5.69 Å². The number of halogens is 1. The molecule has 16 heavy (non-hydrogen) atoms. The Labute approximate surface area is 91.2 Å². The molecule has 0 aliphatic carbocycles. The average molecular weight is 214 g/mol. The summed E-state index contributed by atoms with van der Waals surface area (Å²) >= 11 is 0. The molecule has 2 rings (SSSR count). The molecule has 5 heteroatoms. The van der Waals surface area contributed by atoms with Crippen LogP contribution < -0.4 is 5.73 Å². The minimum atomic E-state index is -0.512. The zero-order valence-electron chi connectivity index (χ0n) is 8.18. The molecule has 1 aromatic carbocycles. The van der Waals surface area contributed by atoms with Crippen molar-refractivity contribution in [1.29, 1.82) is 5.26 Å². The molecular formula is C11H7FN4. The molecule has 0 fully saturated rings. The fourth-order valence-corrected chi connectivity index (χ4v) is 1.25. The molecule has 0 unspecified atom stereocenters. The van der Waals surface area contributed by atoms with Crippen LogP contribution in [-0.2, 0) is 0 Å². The number of hydrogen-bond acceptors (Lipinski definition) is 4. The standard InChI is InChI=1S/C11H7FN4/c12-9-3-7(1-2-10(9)14)11-6-15-5-8(4-13)16-11/h1-3,5-6H,14H2. The van der Waals surface area contributed by atoms with Gasteiger partial charge in [-0.3, -0.25) is 4.98 Å². The first-order chi connectivity index (χ1) is 7.70. The van der Waals surface area contributed by atoms with Gasteiger partial charge in [-0.15, -0.1) is 0 Å². The summed E-state index contributed by atoms with van der Waals surface area (Å²) < 4.78 is 13.2. The second kappa shape index (κ2) is 3.95. The van der Waals surface area contributed by atoms with Gasteiger partial charge in [-0.25, -0.2) is 9.37 Å². The zero-order valence-corrected chi connectivity index (χ0v) is 8.18. The number of nitrogen functional groups attached to an aromatic ring is 1. The lowest BCUT2D eigenvalue weighted by atomic mass is 10.1. The molecule has 0 radical (unpaired) electrons. The Morgan fingerprint density at radius 1 is 1.31 bits per heavy atom. The van der Waals surface area contributed by atoms with Crippen molar-refractivity contribution in [3.05, 3.63) is 42.1 Å². The van der Waals surface area contributed by atoms with Crippen molar-refractivity contribution in [3.63, 3.8) is 0 Å². The molecule has 0 saturated heterocycles. The third kappa shape index (κ3) is 1.81. The number of rotatable bonds is 1. The smallest absolute Gasteiger partial charge is 0.159 e. The van der Waals surface area contributed by atoms with E-state index in [0.717, 1.165) is 0 Å². The van der Waals surface area contributed by atoms with E-state index < -0.39 is 5.82 Å². The van der Waals surface area contributed by atoms with E-state index in [1.165, 1.54) is 24.5 Å². The first kappa shape index (κ1) is 10.1. The van der Waals surface area contributed by atoms with Crippen LogP contribution in [0.1, 0.15) is 5.69 Å². The van der Waals surface area contributed by atoms with Crippen molar-refractivity contribution >= 4 is 5.69 Å². The second-order valence-corrected chi connectivity index (χ2v) is 3.14. The molecule has 78 valence electrons. The lowest BCUT2D eigenvalue weighted by Crippen LogP contribution is -1.93. The maximum Gasteiger partial charge on any atom is 0.159 e.